The molecule has 1 N–H and O–H groups in total. The van der Waals surface area contributed by atoms with Gasteiger partial charge in [0.2, 0.25) is 5.75 Å². The van der Waals surface area contributed by atoms with Crippen molar-refractivity contribution < 1.29 is 19.6 Å². The van der Waals surface area contributed by atoms with Gasteiger partial charge in [-0.15, -0.1) is 0 Å². The molecule has 0 aromatic heterocycles. The summed E-state index contributed by atoms with van der Waals surface area (Å²) < 4.78 is 5.80. The van der Waals surface area contributed by atoms with Crippen molar-refractivity contribution in [1.29, 1.82) is 0 Å². The van der Waals surface area contributed by atoms with Gasteiger partial charge >= 0.3 is 5.69 Å². The first kappa shape index (κ1) is 15.6. The highest BCUT2D eigenvalue weighted by Gasteiger charge is 2.25. The number of rotatable bonds is 5. The van der Waals surface area contributed by atoms with Gasteiger partial charge in [-0.3, -0.25) is 14.9 Å². The Kier molecular flexibility index (Phi) is 5.02. The van der Waals surface area contributed by atoms with Gasteiger partial charge in [0.15, 0.2) is 5.78 Å². The summed E-state index contributed by atoms with van der Waals surface area (Å²) in [6.07, 6.45) is -1.49. The number of ketones is 1. The number of carbonyl (C=O) groups is 1. The van der Waals surface area contributed by atoms with Gasteiger partial charge in [0.05, 0.1) is 16.6 Å². The van der Waals surface area contributed by atoms with Gasteiger partial charge < -0.3 is 9.84 Å². The fraction of sp³-hybridized carbons (Fsp3) is 0.417. The van der Waals surface area contributed by atoms with Crippen LogP contribution in [0, 0.1) is 10.1 Å². The van der Waals surface area contributed by atoms with Crippen molar-refractivity contribution >= 4 is 27.4 Å². The van der Waals surface area contributed by atoms with Crippen molar-refractivity contribution in [2.24, 2.45) is 0 Å². The van der Waals surface area contributed by atoms with E-state index in [0.717, 1.165) is 0 Å². The third kappa shape index (κ3) is 3.74. The molecule has 1 aromatic carbocycles. The smallest absolute Gasteiger partial charge is 0.312 e. The number of nitro groups is 1. The van der Waals surface area contributed by atoms with Crippen molar-refractivity contribution in [3.8, 4) is 5.75 Å². The quantitative estimate of drug-likeness (QED) is 0.509. The van der Waals surface area contributed by atoms with Crippen LogP contribution in [0.1, 0.15) is 31.1 Å². The van der Waals surface area contributed by atoms with E-state index in [1.54, 1.807) is 6.92 Å². The van der Waals surface area contributed by atoms with Crippen LogP contribution in [-0.2, 0) is 0 Å². The fourth-order valence-corrected chi connectivity index (χ4v) is 1.83. The summed E-state index contributed by atoms with van der Waals surface area (Å²) in [6, 6.07) is 2.72. The Morgan fingerprint density at radius 2 is 2.05 bits per heavy atom. The van der Waals surface area contributed by atoms with Crippen LogP contribution in [0.5, 0.6) is 5.75 Å². The highest BCUT2D eigenvalue weighted by atomic mass is 79.9. The van der Waals surface area contributed by atoms with Crippen LogP contribution < -0.4 is 4.74 Å². The molecule has 2 unspecified atom stereocenters. The first-order chi connectivity index (χ1) is 8.73. The Balaban J connectivity index is 3.39. The molecule has 0 heterocycles. The van der Waals surface area contributed by atoms with Crippen LogP contribution in [0.15, 0.2) is 16.6 Å². The number of ether oxygens (including phenoxy) is 1. The second kappa shape index (κ2) is 6.12. The third-order valence-corrected chi connectivity index (χ3v) is 3.05. The molecule has 1 aromatic rings. The van der Waals surface area contributed by atoms with E-state index in [-0.39, 0.29) is 22.8 Å². The number of carbonyl (C=O) groups excluding carboxylic acids is 1. The molecule has 7 heteroatoms. The second-order valence-corrected chi connectivity index (χ2v) is 5.09. The molecule has 1 rings (SSSR count). The van der Waals surface area contributed by atoms with E-state index >= 15 is 0 Å². The fourth-order valence-electron chi connectivity index (χ4n) is 1.38. The molecule has 0 saturated heterocycles. The van der Waals surface area contributed by atoms with Crippen molar-refractivity contribution in [2.75, 3.05) is 0 Å². The third-order valence-electron chi connectivity index (χ3n) is 2.59. The predicted molar refractivity (Wildman–Crippen MR) is 72.6 cm³/mol. The molecule has 0 bridgehead atoms. The standard InChI is InChI=1S/C12H14BrNO5/c1-6(15)8(3)19-12-10(7(2)16)4-9(13)5-11(12)14(17)18/h4-6,8,15H,1-3H3. The molecule has 2 atom stereocenters. The molecule has 0 aliphatic carbocycles. The summed E-state index contributed by atoms with van der Waals surface area (Å²) in [7, 11) is 0. The molecule has 0 fully saturated rings. The van der Waals surface area contributed by atoms with Crippen molar-refractivity contribution in [1.82, 2.24) is 0 Å². The number of hydrogen-bond donors (Lipinski definition) is 1. The molecule has 104 valence electrons. The predicted octanol–water partition coefficient (Wildman–Crippen LogP) is 2.71. The summed E-state index contributed by atoms with van der Waals surface area (Å²) >= 11 is 3.12. The number of aliphatic hydroxyl groups is 1. The number of halogens is 1. The summed E-state index contributed by atoms with van der Waals surface area (Å²) in [6.45, 7) is 4.37. The number of Topliss-reactive ketones (excluding diaryl/α,β-unsaturated/α-hetero) is 1. The Morgan fingerprint density at radius 3 is 2.47 bits per heavy atom. The van der Waals surface area contributed by atoms with E-state index in [0.29, 0.717) is 4.47 Å². The number of nitrogens with zero attached hydrogens (tertiary/aromatic N) is 1. The molecule has 6 nitrogen and oxygen atoms in total. The van der Waals surface area contributed by atoms with Crippen LogP contribution in [0.3, 0.4) is 0 Å². The Morgan fingerprint density at radius 1 is 1.47 bits per heavy atom. The van der Waals surface area contributed by atoms with Gasteiger partial charge in [-0.2, -0.15) is 0 Å². The topological polar surface area (TPSA) is 89.7 Å². The average molecular weight is 332 g/mol. The van der Waals surface area contributed by atoms with Crippen LogP contribution in [-0.4, -0.2) is 28.0 Å². The van der Waals surface area contributed by atoms with Gasteiger partial charge in [-0.05, 0) is 26.8 Å². The molecule has 0 spiro atoms. The normalized spacial score (nSPS) is 13.7. The molecular weight excluding hydrogens is 318 g/mol. The highest BCUT2D eigenvalue weighted by molar-refractivity contribution is 9.10. The van der Waals surface area contributed by atoms with Crippen molar-refractivity contribution in [2.45, 2.75) is 33.0 Å². The minimum Gasteiger partial charge on any atom is -0.481 e. The Hall–Kier alpha value is -1.47. The Bertz CT molecular complexity index is 480. The van der Waals surface area contributed by atoms with E-state index in [1.807, 2.05) is 0 Å². The summed E-state index contributed by atoms with van der Waals surface area (Å²) in [4.78, 5) is 22.0. The lowest BCUT2D eigenvalue weighted by Gasteiger charge is -2.19. The zero-order valence-electron chi connectivity index (χ0n) is 10.7. The molecule has 19 heavy (non-hydrogen) atoms. The lowest BCUT2D eigenvalue weighted by molar-refractivity contribution is -0.386. The summed E-state index contributed by atoms with van der Waals surface area (Å²) in [5, 5.41) is 20.4. The van der Waals surface area contributed by atoms with E-state index < -0.39 is 17.1 Å². The summed E-state index contributed by atoms with van der Waals surface area (Å²) in [5.74, 6) is -0.466. The van der Waals surface area contributed by atoms with E-state index in [9.17, 15) is 20.0 Å². The molecule has 0 aliphatic rings. The zero-order valence-corrected chi connectivity index (χ0v) is 12.3. The van der Waals surface area contributed by atoms with Gasteiger partial charge in [0.1, 0.15) is 6.10 Å². The van der Waals surface area contributed by atoms with Crippen molar-refractivity contribution in [3.63, 3.8) is 0 Å². The summed E-state index contributed by atoms with van der Waals surface area (Å²) in [5.41, 5.74) is -0.208. The van der Waals surface area contributed by atoms with E-state index in [2.05, 4.69) is 15.9 Å². The maximum atomic E-state index is 11.6. The van der Waals surface area contributed by atoms with E-state index in [1.165, 1.54) is 26.0 Å². The van der Waals surface area contributed by atoms with E-state index in [4.69, 9.17) is 4.74 Å². The highest BCUT2D eigenvalue weighted by Crippen LogP contribution is 2.35. The van der Waals surface area contributed by atoms with Crippen LogP contribution in [0.2, 0.25) is 0 Å². The molecular formula is C12H14BrNO5. The largest absolute Gasteiger partial charge is 0.481 e. The number of benzene rings is 1. The first-order valence-corrected chi connectivity index (χ1v) is 6.37. The van der Waals surface area contributed by atoms with Crippen LogP contribution in [0.4, 0.5) is 5.69 Å². The van der Waals surface area contributed by atoms with Gasteiger partial charge in [-0.25, -0.2) is 0 Å². The van der Waals surface area contributed by atoms with Crippen LogP contribution >= 0.6 is 15.9 Å². The molecule has 0 amide bonds. The number of aliphatic hydroxyl groups excluding tert-OH is 1. The lowest BCUT2D eigenvalue weighted by Crippen LogP contribution is -2.26. The van der Waals surface area contributed by atoms with Crippen LogP contribution in [0.25, 0.3) is 0 Å². The van der Waals surface area contributed by atoms with Gasteiger partial charge in [-0.1, -0.05) is 15.9 Å². The molecule has 0 aliphatic heterocycles. The average Bonchev–Trinajstić information content (AvgIpc) is 2.29. The Labute approximate surface area is 118 Å². The maximum absolute atomic E-state index is 11.6. The van der Waals surface area contributed by atoms with Gasteiger partial charge in [0.25, 0.3) is 0 Å². The van der Waals surface area contributed by atoms with Gasteiger partial charge in [0, 0.05) is 10.5 Å². The minimum absolute atomic E-state index is 0.105. The zero-order chi connectivity index (χ0) is 14.7. The number of nitro benzene ring substituents is 1. The lowest BCUT2D eigenvalue weighted by atomic mass is 10.1. The molecule has 0 saturated carbocycles. The molecule has 0 radical (unpaired) electrons. The second-order valence-electron chi connectivity index (χ2n) is 4.18. The minimum atomic E-state index is -0.817. The monoisotopic (exact) mass is 331 g/mol. The first-order valence-electron chi connectivity index (χ1n) is 5.57. The maximum Gasteiger partial charge on any atom is 0.312 e. The van der Waals surface area contributed by atoms with Crippen molar-refractivity contribution in [3.05, 3.63) is 32.3 Å². The SMILES string of the molecule is CC(=O)c1cc(Br)cc([N+](=O)[O-])c1OC(C)C(C)O. The number of hydrogen-bond acceptors (Lipinski definition) is 5.